The van der Waals surface area contributed by atoms with Gasteiger partial charge in [-0.3, -0.25) is 4.79 Å². The maximum Gasteiger partial charge on any atom is 0.259 e. The molecule has 1 N–H and O–H groups in total. The molecule has 104 valence electrons. The Hall–Kier alpha value is -2.71. The van der Waals surface area contributed by atoms with Gasteiger partial charge in [-0.2, -0.15) is 5.26 Å². The summed E-state index contributed by atoms with van der Waals surface area (Å²) < 4.78 is 10.5. The Morgan fingerprint density at radius 2 is 2.14 bits per heavy atom. The molecule has 0 saturated carbocycles. The molecule has 0 atom stereocenters. The highest BCUT2D eigenvalue weighted by Crippen LogP contribution is 2.35. The zero-order valence-corrected chi connectivity index (χ0v) is 11.5. The van der Waals surface area contributed by atoms with Gasteiger partial charge in [-0.05, 0) is 30.3 Å². The number of amides is 1. The molecule has 6 heteroatoms. The highest BCUT2D eigenvalue weighted by Gasteiger charge is 2.21. The van der Waals surface area contributed by atoms with Gasteiger partial charge >= 0.3 is 0 Å². The minimum Gasteiger partial charge on any atom is -0.454 e. The van der Waals surface area contributed by atoms with Crippen molar-refractivity contribution in [3.63, 3.8) is 0 Å². The number of nitrogens with zero attached hydrogens (tertiary/aromatic N) is 1. The van der Waals surface area contributed by atoms with E-state index in [2.05, 4.69) is 5.32 Å². The molecule has 0 saturated heterocycles. The lowest BCUT2D eigenvalue weighted by atomic mass is 10.1. The van der Waals surface area contributed by atoms with Gasteiger partial charge in [-0.15, -0.1) is 0 Å². The van der Waals surface area contributed by atoms with Crippen molar-refractivity contribution in [3.05, 3.63) is 52.5 Å². The second-order valence-electron chi connectivity index (χ2n) is 4.30. The minimum atomic E-state index is -0.335. The summed E-state index contributed by atoms with van der Waals surface area (Å²) in [5.41, 5.74) is 1.23. The lowest BCUT2D eigenvalue weighted by Crippen LogP contribution is -2.12. The van der Waals surface area contributed by atoms with Crippen LogP contribution in [0.1, 0.15) is 15.9 Å². The molecule has 3 rings (SSSR count). The predicted molar refractivity (Wildman–Crippen MR) is 76.7 cm³/mol. The largest absolute Gasteiger partial charge is 0.454 e. The molecule has 1 aliphatic rings. The van der Waals surface area contributed by atoms with E-state index in [9.17, 15) is 4.79 Å². The number of hydrogen-bond acceptors (Lipinski definition) is 4. The monoisotopic (exact) mass is 300 g/mol. The van der Waals surface area contributed by atoms with E-state index in [1.54, 1.807) is 30.3 Å². The van der Waals surface area contributed by atoms with Gasteiger partial charge in [0.25, 0.3) is 5.91 Å². The smallest absolute Gasteiger partial charge is 0.259 e. The van der Waals surface area contributed by atoms with E-state index in [-0.39, 0.29) is 17.7 Å². The highest BCUT2D eigenvalue weighted by atomic mass is 35.5. The number of benzene rings is 2. The van der Waals surface area contributed by atoms with Crippen LogP contribution in [0.2, 0.25) is 5.02 Å². The molecule has 2 aromatic carbocycles. The summed E-state index contributed by atoms with van der Waals surface area (Å²) in [4.78, 5) is 12.3. The van der Waals surface area contributed by atoms with E-state index >= 15 is 0 Å². The fraction of sp³-hybridized carbons (Fsp3) is 0.0667. The molecular formula is C15H9ClN2O3. The van der Waals surface area contributed by atoms with Crippen LogP contribution in [0.3, 0.4) is 0 Å². The second-order valence-corrected chi connectivity index (χ2v) is 4.71. The van der Waals surface area contributed by atoms with E-state index in [0.29, 0.717) is 28.3 Å². The van der Waals surface area contributed by atoms with Crippen molar-refractivity contribution >= 4 is 23.2 Å². The molecule has 21 heavy (non-hydrogen) atoms. The molecule has 0 spiro atoms. The maximum atomic E-state index is 12.3. The van der Waals surface area contributed by atoms with Crippen LogP contribution in [-0.4, -0.2) is 12.7 Å². The molecule has 0 radical (unpaired) electrons. The number of nitrogens with one attached hydrogen (secondary N) is 1. The van der Waals surface area contributed by atoms with Gasteiger partial charge in [0, 0.05) is 5.69 Å². The van der Waals surface area contributed by atoms with E-state index in [1.807, 2.05) is 6.07 Å². The third-order valence-electron chi connectivity index (χ3n) is 2.99. The fourth-order valence-electron chi connectivity index (χ4n) is 1.99. The predicted octanol–water partition coefficient (Wildman–Crippen LogP) is 3.19. The number of ether oxygens (including phenoxy) is 2. The van der Waals surface area contributed by atoms with Crippen molar-refractivity contribution in [1.29, 1.82) is 5.26 Å². The van der Waals surface area contributed by atoms with Crippen LogP contribution in [0, 0.1) is 11.3 Å². The van der Waals surface area contributed by atoms with Gasteiger partial charge in [0.15, 0.2) is 11.5 Å². The zero-order chi connectivity index (χ0) is 14.8. The third-order valence-corrected chi connectivity index (χ3v) is 3.30. The topological polar surface area (TPSA) is 71.4 Å². The second kappa shape index (κ2) is 5.35. The summed E-state index contributed by atoms with van der Waals surface area (Å²) in [7, 11) is 0. The van der Waals surface area contributed by atoms with Crippen LogP contribution in [0.15, 0.2) is 36.4 Å². The number of halogens is 1. The average molecular weight is 301 g/mol. The Bertz CT molecular complexity index is 768. The Kier molecular flexibility index (Phi) is 3.38. The van der Waals surface area contributed by atoms with E-state index in [1.165, 1.54) is 6.07 Å². The highest BCUT2D eigenvalue weighted by molar-refractivity contribution is 6.32. The van der Waals surface area contributed by atoms with Crippen LogP contribution in [0.25, 0.3) is 0 Å². The maximum absolute atomic E-state index is 12.3. The number of para-hydroxylation sites is 1. The Morgan fingerprint density at radius 1 is 1.29 bits per heavy atom. The summed E-state index contributed by atoms with van der Waals surface area (Å²) in [6.45, 7) is 0.0995. The van der Waals surface area contributed by atoms with Gasteiger partial charge in [-0.1, -0.05) is 17.7 Å². The number of fused-ring (bicyclic) bond motifs is 1. The van der Waals surface area contributed by atoms with Gasteiger partial charge in [-0.25, -0.2) is 0 Å². The third kappa shape index (κ3) is 2.49. The Morgan fingerprint density at radius 3 is 2.90 bits per heavy atom. The first kappa shape index (κ1) is 13.3. The molecule has 0 bridgehead atoms. The van der Waals surface area contributed by atoms with Gasteiger partial charge in [0.2, 0.25) is 6.79 Å². The number of hydrogen-bond donors (Lipinski definition) is 1. The fourth-order valence-corrected chi connectivity index (χ4v) is 2.21. The van der Waals surface area contributed by atoms with Crippen molar-refractivity contribution in [2.24, 2.45) is 0 Å². The van der Waals surface area contributed by atoms with Crippen molar-refractivity contribution in [3.8, 4) is 17.6 Å². The van der Waals surface area contributed by atoms with Gasteiger partial charge in [0.1, 0.15) is 6.07 Å². The lowest BCUT2D eigenvalue weighted by Gasteiger charge is -2.08. The number of carbonyl (C=O) groups is 1. The first-order valence-corrected chi connectivity index (χ1v) is 6.46. The normalized spacial score (nSPS) is 11.8. The number of carbonyl (C=O) groups excluding carboxylic acids is 1. The van der Waals surface area contributed by atoms with Crippen molar-refractivity contribution < 1.29 is 14.3 Å². The first-order valence-electron chi connectivity index (χ1n) is 6.08. The van der Waals surface area contributed by atoms with Crippen molar-refractivity contribution in [2.75, 3.05) is 12.1 Å². The summed E-state index contributed by atoms with van der Waals surface area (Å²) in [6, 6.07) is 11.7. The summed E-state index contributed by atoms with van der Waals surface area (Å²) in [6.07, 6.45) is 0. The van der Waals surface area contributed by atoms with E-state index in [4.69, 9.17) is 26.3 Å². The van der Waals surface area contributed by atoms with Crippen molar-refractivity contribution in [2.45, 2.75) is 0 Å². The van der Waals surface area contributed by atoms with E-state index < -0.39 is 0 Å². The molecule has 2 aromatic rings. The molecule has 0 aliphatic carbocycles. The Labute approximate surface area is 125 Å². The van der Waals surface area contributed by atoms with Crippen LogP contribution in [0.5, 0.6) is 11.5 Å². The summed E-state index contributed by atoms with van der Waals surface area (Å²) in [5, 5.41) is 11.8. The quantitative estimate of drug-likeness (QED) is 0.924. The molecule has 1 aliphatic heterocycles. The zero-order valence-electron chi connectivity index (χ0n) is 10.7. The molecule has 0 unspecified atom stereocenters. The average Bonchev–Trinajstić information content (AvgIpc) is 2.95. The number of rotatable bonds is 2. The Balaban J connectivity index is 1.86. The standard InChI is InChI=1S/C15H9ClN2O3/c16-12-6-10(5-4-9(12)7-17)18-15(19)11-2-1-3-13-14(11)21-8-20-13/h1-6H,8H2,(H,18,19). The lowest BCUT2D eigenvalue weighted by molar-refractivity contribution is 0.102. The van der Waals surface area contributed by atoms with Crippen LogP contribution in [-0.2, 0) is 0 Å². The minimum absolute atomic E-state index is 0.0995. The molecule has 0 aromatic heterocycles. The van der Waals surface area contributed by atoms with Crippen LogP contribution in [0.4, 0.5) is 5.69 Å². The van der Waals surface area contributed by atoms with Crippen molar-refractivity contribution in [1.82, 2.24) is 0 Å². The molecule has 1 heterocycles. The molecule has 5 nitrogen and oxygen atoms in total. The first-order chi connectivity index (χ1) is 10.2. The summed E-state index contributed by atoms with van der Waals surface area (Å²) >= 11 is 5.93. The summed E-state index contributed by atoms with van der Waals surface area (Å²) in [5.74, 6) is 0.633. The van der Waals surface area contributed by atoms with Gasteiger partial charge in [0.05, 0.1) is 16.1 Å². The molecule has 1 amide bonds. The van der Waals surface area contributed by atoms with Gasteiger partial charge < -0.3 is 14.8 Å². The molecular weight excluding hydrogens is 292 g/mol. The van der Waals surface area contributed by atoms with Crippen LogP contribution < -0.4 is 14.8 Å². The van der Waals surface area contributed by atoms with Crippen LogP contribution >= 0.6 is 11.6 Å². The number of anilines is 1. The number of nitriles is 1. The molecule has 0 fully saturated rings. The van der Waals surface area contributed by atoms with E-state index in [0.717, 1.165) is 0 Å². The SMILES string of the molecule is N#Cc1ccc(NC(=O)c2cccc3c2OCO3)cc1Cl.